The van der Waals surface area contributed by atoms with Crippen LogP contribution in [-0.4, -0.2) is 100 Å². The lowest BCUT2D eigenvalue weighted by Gasteiger charge is -2.40. The number of hydrogen-bond donors (Lipinski definition) is 6. The number of rotatable bonds is 57. The molecule has 80 heavy (non-hydrogen) atoms. The number of nitrogens with one attached hydrogen (secondary N) is 1. The molecular weight excluding hydrogens is 1000 g/mol. The smallest absolute Gasteiger partial charge is 0.305 e. The predicted molar refractivity (Wildman–Crippen MR) is 333 cm³/mol. The van der Waals surface area contributed by atoms with Crippen LogP contribution in [0.1, 0.15) is 290 Å². The van der Waals surface area contributed by atoms with E-state index in [1.807, 2.05) is 6.08 Å². The average molecular weight is 1130 g/mol. The fourth-order valence-corrected chi connectivity index (χ4v) is 9.96. The molecule has 0 bridgehead atoms. The number of carbonyl (C=O) groups excluding carboxylic acids is 2. The van der Waals surface area contributed by atoms with Crippen LogP contribution < -0.4 is 5.32 Å². The van der Waals surface area contributed by atoms with Crippen LogP contribution in [0.3, 0.4) is 0 Å². The van der Waals surface area contributed by atoms with Gasteiger partial charge in [-0.1, -0.05) is 234 Å². The quantitative estimate of drug-likeness (QED) is 0.0195. The Kier molecular flexibility index (Phi) is 54.4. The van der Waals surface area contributed by atoms with Crippen LogP contribution in [-0.2, 0) is 23.8 Å². The summed E-state index contributed by atoms with van der Waals surface area (Å²) in [5.41, 5.74) is 0. The summed E-state index contributed by atoms with van der Waals surface area (Å²) in [5, 5.41) is 54.4. The van der Waals surface area contributed by atoms with Gasteiger partial charge in [-0.3, -0.25) is 9.59 Å². The summed E-state index contributed by atoms with van der Waals surface area (Å²) >= 11 is 0. The minimum atomic E-state index is -1.58. The molecule has 1 aliphatic heterocycles. The molecule has 11 heteroatoms. The van der Waals surface area contributed by atoms with E-state index in [0.717, 1.165) is 89.9 Å². The van der Waals surface area contributed by atoms with E-state index in [-0.39, 0.29) is 18.5 Å². The van der Waals surface area contributed by atoms with Crippen molar-refractivity contribution >= 4 is 11.9 Å². The van der Waals surface area contributed by atoms with Crippen LogP contribution in [0.4, 0.5) is 0 Å². The Bertz CT molecular complexity index is 1560. The number of esters is 1. The third-order valence-corrected chi connectivity index (χ3v) is 15.2. The zero-order chi connectivity index (χ0) is 58.0. The van der Waals surface area contributed by atoms with Crippen molar-refractivity contribution in [1.82, 2.24) is 5.32 Å². The van der Waals surface area contributed by atoms with Crippen LogP contribution in [0.25, 0.3) is 0 Å². The molecule has 0 aliphatic carbocycles. The molecule has 0 aromatic rings. The molecule has 1 amide bonds. The first-order chi connectivity index (χ1) is 39.2. The topological polar surface area (TPSA) is 175 Å². The first kappa shape index (κ1) is 75.1. The van der Waals surface area contributed by atoms with Gasteiger partial charge in [-0.05, 0) is 116 Å². The molecule has 0 radical (unpaired) electrons. The molecule has 11 nitrogen and oxygen atoms in total. The molecule has 0 aromatic carbocycles. The molecule has 6 N–H and O–H groups in total. The number of hydrogen-bond acceptors (Lipinski definition) is 10. The zero-order valence-corrected chi connectivity index (χ0v) is 51.3. The van der Waals surface area contributed by atoms with Gasteiger partial charge in [-0.2, -0.15) is 0 Å². The van der Waals surface area contributed by atoms with Gasteiger partial charge in [-0.25, -0.2) is 0 Å². The molecule has 1 heterocycles. The SMILES string of the molecule is CCCCC/C=C\CCCCCCCC(=O)OCCCCCCCCCCC/C=C\C/C=C\CCCCCCCCCCCCCC(=O)NC(COC1OC(CO)C(O)C(O)C1O)C(O)/C=C/CC/C=C/CC/C=C/CCCCC. The van der Waals surface area contributed by atoms with Crippen LogP contribution in [0.5, 0.6) is 0 Å². The molecular formula is C69H123NO10. The van der Waals surface area contributed by atoms with Gasteiger partial charge in [0.15, 0.2) is 6.29 Å². The summed E-state index contributed by atoms with van der Waals surface area (Å²) in [6.45, 7) is 4.26. The van der Waals surface area contributed by atoms with Crippen LogP contribution >= 0.6 is 0 Å². The van der Waals surface area contributed by atoms with E-state index in [1.165, 1.54) is 173 Å². The van der Waals surface area contributed by atoms with Crippen molar-refractivity contribution < 1.29 is 49.3 Å². The van der Waals surface area contributed by atoms with Gasteiger partial charge in [0.25, 0.3) is 0 Å². The molecule has 1 aliphatic rings. The maximum atomic E-state index is 13.0. The third kappa shape index (κ3) is 46.6. The summed E-state index contributed by atoms with van der Waals surface area (Å²) in [6.07, 6.45) is 67.3. The molecule has 0 saturated carbocycles. The van der Waals surface area contributed by atoms with Crippen LogP contribution in [0.2, 0.25) is 0 Å². The minimum Gasteiger partial charge on any atom is -0.466 e. The lowest BCUT2D eigenvalue weighted by molar-refractivity contribution is -0.302. The number of aliphatic hydroxyl groups excluding tert-OH is 5. The maximum absolute atomic E-state index is 13.0. The van der Waals surface area contributed by atoms with Crippen molar-refractivity contribution in [3.63, 3.8) is 0 Å². The molecule has 0 aromatic heterocycles. The van der Waals surface area contributed by atoms with Crippen LogP contribution in [0.15, 0.2) is 72.9 Å². The summed E-state index contributed by atoms with van der Waals surface area (Å²) in [7, 11) is 0. The molecule has 1 fully saturated rings. The second-order valence-corrected chi connectivity index (χ2v) is 22.8. The Hall–Kier alpha value is -2.90. The summed E-state index contributed by atoms with van der Waals surface area (Å²) in [5.74, 6) is -0.211. The number of allylic oxidation sites excluding steroid dienone is 11. The van der Waals surface area contributed by atoms with Crippen molar-refractivity contribution in [1.29, 1.82) is 0 Å². The van der Waals surface area contributed by atoms with E-state index in [1.54, 1.807) is 6.08 Å². The summed E-state index contributed by atoms with van der Waals surface area (Å²) in [4.78, 5) is 25.1. The van der Waals surface area contributed by atoms with E-state index in [9.17, 15) is 35.1 Å². The highest BCUT2D eigenvalue weighted by molar-refractivity contribution is 5.76. The number of unbranched alkanes of at least 4 members (excludes halogenated alkanes) is 33. The molecule has 7 atom stereocenters. The second-order valence-electron chi connectivity index (χ2n) is 22.8. The molecule has 1 rings (SSSR count). The Labute approximate surface area is 490 Å². The van der Waals surface area contributed by atoms with Crippen molar-refractivity contribution in [2.75, 3.05) is 19.8 Å². The number of aliphatic hydroxyl groups is 5. The predicted octanol–water partition coefficient (Wildman–Crippen LogP) is 16.3. The van der Waals surface area contributed by atoms with Gasteiger partial charge in [0.05, 0.1) is 32.0 Å². The van der Waals surface area contributed by atoms with Gasteiger partial charge in [0.1, 0.15) is 24.4 Å². The first-order valence-electron chi connectivity index (χ1n) is 33.2. The van der Waals surface area contributed by atoms with E-state index in [0.29, 0.717) is 19.4 Å². The highest BCUT2D eigenvalue weighted by atomic mass is 16.7. The highest BCUT2D eigenvalue weighted by Gasteiger charge is 2.44. The molecule has 7 unspecified atom stereocenters. The Morgan fingerprint density at radius 2 is 0.850 bits per heavy atom. The fraction of sp³-hybridized carbons (Fsp3) is 0.797. The lowest BCUT2D eigenvalue weighted by atomic mass is 9.99. The van der Waals surface area contributed by atoms with Gasteiger partial charge in [0, 0.05) is 12.8 Å². The second kappa shape index (κ2) is 57.9. The van der Waals surface area contributed by atoms with Gasteiger partial charge in [-0.15, -0.1) is 0 Å². The monoisotopic (exact) mass is 1130 g/mol. The van der Waals surface area contributed by atoms with Crippen LogP contribution in [0, 0.1) is 0 Å². The fourth-order valence-electron chi connectivity index (χ4n) is 9.96. The Morgan fingerprint density at radius 1 is 0.463 bits per heavy atom. The molecule has 1 saturated heterocycles. The van der Waals surface area contributed by atoms with Crippen molar-refractivity contribution in [2.45, 2.75) is 333 Å². The summed E-state index contributed by atoms with van der Waals surface area (Å²) in [6, 6.07) is -0.839. The van der Waals surface area contributed by atoms with E-state index >= 15 is 0 Å². The number of ether oxygens (including phenoxy) is 3. The standard InChI is InChI=1S/C69H123NO10/c1-3-5-7-9-11-13-15-32-35-39-43-47-51-55-62(72)61(60-79-69-68(77)67(76)66(75)63(59-71)80-69)70-64(73)56-52-48-44-40-36-33-30-28-26-24-22-20-18-17-19-21-23-25-27-29-31-34-38-42-46-50-54-58-78-65(74)57-53-49-45-41-37-16-14-12-10-8-6-4-2/h11-14,17-18,21,23,35,39,51,55,61-63,66-69,71-72,75-77H,3-10,15-16,19-20,22,24-34,36-38,40-50,52-54,56-60H2,1-2H3,(H,70,73)/b13-11+,14-12-,18-17-,23-21-,39-35+,55-51+. The van der Waals surface area contributed by atoms with Gasteiger partial charge in [0.2, 0.25) is 5.91 Å². The third-order valence-electron chi connectivity index (χ3n) is 15.2. The minimum absolute atomic E-state index is 0.0103. The normalized spacial score (nSPS) is 18.8. The van der Waals surface area contributed by atoms with E-state index in [2.05, 4.69) is 79.9 Å². The van der Waals surface area contributed by atoms with Crippen molar-refractivity contribution in [3.8, 4) is 0 Å². The Morgan fingerprint density at radius 3 is 1.31 bits per heavy atom. The largest absolute Gasteiger partial charge is 0.466 e. The zero-order valence-electron chi connectivity index (χ0n) is 51.3. The average Bonchev–Trinajstić information content (AvgIpc) is 3.46. The highest BCUT2D eigenvalue weighted by Crippen LogP contribution is 2.23. The van der Waals surface area contributed by atoms with Gasteiger partial charge < -0.3 is 45.1 Å². The number of amides is 1. The Balaban J connectivity index is 2.04. The molecule has 464 valence electrons. The van der Waals surface area contributed by atoms with E-state index in [4.69, 9.17) is 14.2 Å². The first-order valence-corrected chi connectivity index (χ1v) is 33.2. The van der Waals surface area contributed by atoms with Crippen molar-refractivity contribution in [2.24, 2.45) is 0 Å². The van der Waals surface area contributed by atoms with Crippen molar-refractivity contribution in [3.05, 3.63) is 72.9 Å². The van der Waals surface area contributed by atoms with E-state index < -0.39 is 49.5 Å². The molecule has 0 spiro atoms. The van der Waals surface area contributed by atoms with Gasteiger partial charge >= 0.3 is 5.97 Å². The summed E-state index contributed by atoms with van der Waals surface area (Å²) < 4.78 is 16.7. The maximum Gasteiger partial charge on any atom is 0.305 e. The number of carbonyl (C=O) groups is 2. The lowest BCUT2D eigenvalue weighted by Crippen LogP contribution is -2.60.